The molecule has 8 heteroatoms. The third kappa shape index (κ3) is 3.52. The predicted octanol–water partition coefficient (Wildman–Crippen LogP) is 3.12. The molecule has 1 aromatic carbocycles. The van der Waals surface area contributed by atoms with Crippen LogP contribution in [0.1, 0.15) is 31.2 Å². The van der Waals surface area contributed by atoms with Gasteiger partial charge in [0, 0.05) is 28.5 Å². The number of ether oxygens (including phenoxy) is 1. The van der Waals surface area contributed by atoms with Gasteiger partial charge in [0.2, 0.25) is 6.04 Å². The summed E-state index contributed by atoms with van der Waals surface area (Å²) in [5.41, 5.74) is -0.141. The summed E-state index contributed by atoms with van der Waals surface area (Å²) in [7, 11) is 0. The van der Waals surface area contributed by atoms with Crippen LogP contribution in [0.25, 0.3) is 0 Å². The number of esters is 1. The third-order valence-electron chi connectivity index (χ3n) is 3.76. The van der Waals surface area contributed by atoms with E-state index in [-0.39, 0.29) is 30.6 Å². The number of allylic oxidation sites excluding steroid dienone is 1. The lowest BCUT2D eigenvalue weighted by Gasteiger charge is -2.25. The fraction of sp³-hybridized carbons (Fsp3) is 0.400. The minimum Gasteiger partial charge on any atom is -0.463 e. The van der Waals surface area contributed by atoms with Gasteiger partial charge in [-0.05, 0) is 19.4 Å². The van der Waals surface area contributed by atoms with Crippen LogP contribution in [0.15, 0.2) is 23.8 Å². The molecule has 0 heterocycles. The molecule has 0 N–H and O–H groups in total. The fourth-order valence-corrected chi connectivity index (χ4v) is 2.65. The number of rotatable bonds is 4. The first-order chi connectivity index (χ1) is 10.8. The maximum atomic E-state index is 13.9. The summed E-state index contributed by atoms with van der Waals surface area (Å²) in [6, 6.07) is -0.319. The number of hydrogen-bond donors (Lipinski definition) is 0. The molecular weight excluding hydrogens is 315 g/mol. The summed E-state index contributed by atoms with van der Waals surface area (Å²) in [6.45, 7) is 1.73. The molecule has 1 aliphatic carbocycles. The molecule has 0 fully saturated rings. The number of hydrogen-bond acceptors (Lipinski definition) is 4. The van der Waals surface area contributed by atoms with Crippen LogP contribution in [0.4, 0.5) is 13.2 Å². The molecule has 0 saturated heterocycles. The summed E-state index contributed by atoms with van der Waals surface area (Å²) in [6.07, 6.45) is 1.13. The van der Waals surface area contributed by atoms with Crippen LogP contribution in [-0.2, 0) is 9.53 Å². The number of nitrogens with zero attached hydrogens (tertiary/aromatic N) is 1. The van der Waals surface area contributed by atoms with Gasteiger partial charge in [0.05, 0.1) is 12.5 Å². The van der Waals surface area contributed by atoms with Crippen molar-refractivity contribution < 1.29 is 27.6 Å². The van der Waals surface area contributed by atoms with Crippen molar-refractivity contribution in [2.75, 3.05) is 6.61 Å². The van der Waals surface area contributed by atoms with Gasteiger partial charge in [-0.2, -0.15) is 0 Å². The van der Waals surface area contributed by atoms with E-state index < -0.39 is 40.3 Å². The number of carbonyl (C=O) groups excluding carboxylic acids is 1. The Hall–Kier alpha value is -2.38. The van der Waals surface area contributed by atoms with Crippen LogP contribution in [0.3, 0.4) is 0 Å². The molecule has 0 aromatic heterocycles. The van der Waals surface area contributed by atoms with E-state index in [1.54, 1.807) is 6.92 Å². The summed E-state index contributed by atoms with van der Waals surface area (Å²) >= 11 is 0. The van der Waals surface area contributed by atoms with Crippen molar-refractivity contribution in [2.24, 2.45) is 0 Å². The van der Waals surface area contributed by atoms with Crippen LogP contribution >= 0.6 is 0 Å². The first-order valence-electron chi connectivity index (χ1n) is 6.99. The van der Waals surface area contributed by atoms with Crippen LogP contribution in [0.2, 0.25) is 0 Å². The van der Waals surface area contributed by atoms with Crippen LogP contribution in [0, 0.1) is 27.6 Å². The zero-order chi connectivity index (χ0) is 17.1. The lowest BCUT2D eigenvalue weighted by atomic mass is 9.80. The molecule has 0 spiro atoms. The maximum Gasteiger partial charge on any atom is 0.333 e. The molecule has 1 aliphatic rings. The molecule has 1 aromatic rings. The van der Waals surface area contributed by atoms with Crippen LogP contribution in [0.5, 0.6) is 0 Å². The third-order valence-corrected chi connectivity index (χ3v) is 3.76. The molecule has 0 saturated carbocycles. The highest BCUT2D eigenvalue weighted by Crippen LogP contribution is 2.36. The SMILES string of the molecule is CCOC(=O)C1=CC[C@@H](c2cc(F)c(F)cc2F)[C@H]([N+](=O)[O-])C1. The average Bonchev–Trinajstić information content (AvgIpc) is 2.50. The Balaban J connectivity index is 2.37. The van der Waals surface area contributed by atoms with Crippen molar-refractivity contribution in [1.82, 2.24) is 0 Å². The standard InChI is InChI=1S/C15H14F3NO4/c1-2-23-15(20)8-3-4-9(14(5-8)19(21)22)10-6-12(17)13(18)7-11(10)16/h3,6-7,9,14H,2,4-5H2,1H3/t9-,14+/m0/s1. The smallest absolute Gasteiger partial charge is 0.333 e. The fourth-order valence-electron chi connectivity index (χ4n) is 2.65. The zero-order valence-corrected chi connectivity index (χ0v) is 12.2. The Kier molecular flexibility index (Phi) is 5.02. The average molecular weight is 329 g/mol. The molecule has 0 unspecified atom stereocenters. The second-order valence-corrected chi connectivity index (χ2v) is 5.14. The van der Waals surface area contributed by atoms with Gasteiger partial charge in [-0.3, -0.25) is 10.1 Å². The number of carbonyl (C=O) groups is 1. The molecule has 5 nitrogen and oxygen atoms in total. The topological polar surface area (TPSA) is 69.4 Å². The second kappa shape index (κ2) is 6.80. The highest BCUT2D eigenvalue weighted by Gasteiger charge is 2.39. The van der Waals surface area contributed by atoms with Crippen molar-refractivity contribution in [2.45, 2.75) is 31.7 Å². The molecule has 23 heavy (non-hydrogen) atoms. The molecule has 0 aliphatic heterocycles. The predicted molar refractivity (Wildman–Crippen MR) is 73.8 cm³/mol. The van der Waals surface area contributed by atoms with Crippen LogP contribution in [-0.4, -0.2) is 23.5 Å². The minimum atomic E-state index is -1.36. The van der Waals surface area contributed by atoms with E-state index in [1.165, 1.54) is 6.08 Å². The summed E-state index contributed by atoms with van der Waals surface area (Å²) in [4.78, 5) is 22.3. The number of nitro groups is 1. The van der Waals surface area contributed by atoms with Crippen molar-refractivity contribution in [1.29, 1.82) is 0 Å². The van der Waals surface area contributed by atoms with Gasteiger partial charge < -0.3 is 4.74 Å². The monoisotopic (exact) mass is 329 g/mol. The van der Waals surface area contributed by atoms with E-state index in [4.69, 9.17) is 4.74 Å². The highest BCUT2D eigenvalue weighted by molar-refractivity contribution is 5.88. The quantitative estimate of drug-likeness (QED) is 0.368. The van der Waals surface area contributed by atoms with Crippen molar-refractivity contribution in [3.63, 3.8) is 0 Å². The molecular formula is C15H14F3NO4. The molecule has 2 rings (SSSR count). The van der Waals surface area contributed by atoms with E-state index in [9.17, 15) is 28.1 Å². The van der Waals surface area contributed by atoms with Crippen molar-refractivity contribution in [3.05, 3.63) is 56.9 Å². The zero-order valence-electron chi connectivity index (χ0n) is 12.2. The van der Waals surface area contributed by atoms with E-state index in [2.05, 4.69) is 0 Å². The van der Waals surface area contributed by atoms with Crippen molar-refractivity contribution >= 4 is 5.97 Å². The number of benzene rings is 1. The summed E-state index contributed by atoms with van der Waals surface area (Å²) in [5, 5.41) is 11.3. The Morgan fingerprint density at radius 3 is 2.57 bits per heavy atom. The maximum absolute atomic E-state index is 13.9. The highest BCUT2D eigenvalue weighted by atomic mass is 19.2. The van der Waals surface area contributed by atoms with E-state index in [0.29, 0.717) is 12.1 Å². The Labute approximate surface area is 129 Å². The van der Waals surface area contributed by atoms with E-state index in [1.807, 2.05) is 0 Å². The lowest BCUT2D eigenvalue weighted by Crippen LogP contribution is -2.33. The van der Waals surface area contributed by atoms with Gasteiger partial charge in [-0.1, -0.05) is 6.08 Å². The van der Waals surface area contributed by atoms with Crippen molar-refractivity contribution in [3.8, 4) is 0 Å². The second-order valence-electron chi connectivity index (χ2n) is 5.14. The molecule has 0 radical (unpaired) electrons. The van der Waals surface area contributed by atoms with Gasteiger partial charge in [0.25, 0.3) is 0 Å². The Bertz CT molecular complexity index is 675. The first-order valence-corrected chi connectivity index (χ1v) is 6.99. The largest absolute Gasteiger partial charge is 0.463 e. The van der Waals surface area contributed by atoms with Gasteiger partial charge in [-0.15, -0.1) is 0 Å². The minimum absolute atomic E-state index is 0.0399. The van der Waals surface area contributed by atoms with Gasteiger partial charge in [0.15, 0.2) is 11.6 Å². The van der Waals surface area contributed by atoms with Gasteiger partial charge >= 0.3 is 5.97 Å². The molecule has 0 amide bonds. The Morgan fingerprint density at radius 2 is 1.96 bits per heavy atom. The van der Waals surface area contributed by atoms with E-state index in [0.717, 1.165) is 0 Å². The lowest BCUT2D eigenvalue weighted by molar-refractivity contribution is -0.526. The first kappa shape index (κ1) is 17.0. The Morgan fingerprint density at radius 1 is 1.30 bits per heavy atom. The molecule has 124 valence electrons. The normalized spacial score (nSPS) is 20.8. The number of halogens is 3. The van der Waals surface area contributed by atoms with E-state index >= 15 is 0 Å². The van der Waals surface area contributed by atoms with Gasteiger partial charge in [-0.25, -0.2) is 18.0 Å². The molecule has 2 atom stereocenters. The summed E-state index contributed by atoms with van der Waals surface area (Å²) < 4.78 is 45.0. The van der Waals surface area contributed by atoms with Gasteiger partial charge in [0.1, 0.15) is 5.82 Å². The molecule has 0 bridgehead atoms. The van der Waals surface area contributed by atoms with Crippen LogP contribution < -0.4 is 0 Å². The summed E-state index contributed by atoms with van der Waals surface area (Å²) in [5.74, 6) is -5.33.